The van der Waals surface area contributed by atoms with Gasteiger partial charge in [-0.1, -0.05) is 11.3 Å². The fraction of sp³-hybridized carbons (Fsp3) is 0.200. The number of hydrogen-bond donors (Lipinski definition) is 0. The first kappa shape index (κ1) is 16.9. The van der Waals surface area contributed by atoms with Gasteiger partial charge in [-0.05, 0) is 36.4 Å². The topological polar surface area (TPSA) is 67.2 Å². The van der Waals surface area contributed by atoms with Gasteiger partial charge in [-0.15, -0.1) is 0 Å². The van der Waals surface area contributed by atoms with E-state index >= 15 is 0 Å². The number of carbonyl (C=O) groups is 1. The predicted molar refractivity (Wildman–Crippen MR) is 109 cm³/mol. The number of hydrogen-bond acceptors (Lipinski definition) is 6. The van der Waals surface area contributed by atoms with Gasteiger partial charge in [-0.3, -0.25) is 4.79 Å². The van der Waals surface area contributed by atoms with Gasteiger partial charge in [-0.25, -0.2) is 15.0 Å². The number of anilines is 1. The lowest BCUT2D eigenvalue weighted by atomic mass is 10.1. The lowest BCUT2D eigenvalue weighted by Crippen LogP contribution is -2.49. The third-order valence-electron chi connectivity index (χ3n) is 4.85. The average Bonchev–Trinajstić information content (AvgIpc) is 3.43. The lowest BCUT2D eigenvalue weighted by Gasteiger charge is -2.34. The van der Waals surface area contributed by atoms with Crippen LogP contribution in [0.5, 0.6) is 0 Å². The number of benzene rings is 1. The highest BCUT2D eigenvalue weighted by Gasteiger charge is 2.23. The average molecular weight is 390 g/mol. The summed E-state index contributed by atoms with van der Waals surface area (Å²) in [6.45, 7) is 2.78. The zero-order valence-electron chi connectivity index (χ0n) is 15.1. The molecule has 1 fully saturated rings. The number of fused-ring (bicyclic) bond motifs is 1. The van der Waals surface area contributed by atoms with Gasteiger partial charge in [0, 0.05) is 56.5 Å². The van der Waals surface area contributed by atoms with Crippen LogP contribution in [-0.2, 0) is 0 Å². The summed E-state index contributed by atoms with van der Waals surface area (Å²) >= 11 is 1.59. The zero-order chi connectivity index (χ0) is 18.9. The summed E-state index contributed by atoms with van der Waals surface area (Å²) in [6, 6.07) is 11.5. The number of thiazole rings is 1. The summed E-state index contributed by atoms with van der Waals surface area (Å²) in [5, 5.41) is 0.904. The minimum atomic E-state index is 0.0615. The Morgan fingerprint density at radius 2 is 1.71 bits per heavy atom. The zero-order valence-corrected chi connectivity index (χ0v) is 15.9. The molecule has 0 spiro atoms. The summed E-state index contributed by atoms with van der Waals surface area (Å²) in [5.41, 5.74) is 1.62. The van der Waals surface area contributed by atoms with E-state index in [1.165, 1.54) is 0 Å². The van der Waals surface area contributed by atoms with Gasteiger partial charge in [0.2, 0.25) is 5.95 Å². The molecule has 1 aromatic carbocycles. The van der Waals surface area contributed by atoms with E-state index in [4.69, 9.17) is 0 Å². The van der Waals surface area contributed by atoms with Gasteiger partial charge >= 0.3 is 0 Å². The number of rotatable bonds is 3. The molecule has 1 aliphatic rings. The first-order valence-corrected chi connectivity index (χ1v) is 9.95. The van der Waals surface area contributed by atoms with Crippen LogP contribution in [-0.4, -0.2) is 56.5 Å². The van der Waals surface area contributed by atoms with Crippen molar-refractivity contribution >= 4 is 33.4 Å². The summed E-state index contributed by atoms with van der Waals surface area (Å²) < 4.78 is 3.00. The lowest BCUT2D eigenvalue weighted by molar-refractivity contribution is 0.0746. The molecule has 4 aromatic rings. The molecule has 0 bridgehead atoms. The van der Waals surface area contributed by atoms with Gasteiger partial charge in [0.05, 0.1) is 10.2 Å². The molecule has 0 unspecified atom stereocenters. The summed E-state index contributed by atoms with van der Waals surface area (Å²) in [6.07, 6.45) is 7.43. The monoisotopic (exact) mass is 390 g/mol. The van der Waals surface area contributed by atoms with Crippen LogP contribution >= 0.6 is 11.3 Å². The van der Waals surface area contributed by atoms with Gasteiger partial charge in [0.1, 0.15) is 0 Å². The normalized spacial score (nSPS) is 14.6. The van der Waals surface area contributed by atoms with Crippen LogP contribution in [0.1, 0.15) is 10.4 Å². The molecule has 0 N–H and O–H groups in total. The third kappa shape index (κ3) is 3.11. The molecule has 28 heavy (non-hydrogen) atoms. The van der Waals surface area contributed by atoms with Crippen molar-refractivity contribution in [2.75, 3.05) is 31.1 Å². The smallest absolute Gasteiger partial charge is 0.254 e. The quantitative estimate of drug-likeness (QED) is 0.538. The van der Waals surface area contributed by atoms with E-state index in [9.17, 15) is 4.79 Å². The van der Waals surface area contributed by atoms with Crippen LogP contribution in [0.25, 0.3) is 15.3 Å². The summed E-state index contributed by atoms with van der Waals surface area (Å²) in [5.74, 6) is 0.782. The highest BCUT2D eigenvalue weighted by molar-refractivity contribution is 7.20. The van der Waals surface area contributed by atoms with Crippen LogP contribution in [0.4, 0.5) is 5.95 Å². The Kier molecular flexibility index (Phi) is 4.25. The molecular weight excluding hydrogens is 372 g/mol. The van der Waals surface area contributed by atoms with Crippen molar-refractivity contribution < 1.29 is 4.79 Å². The van der Waals surface area contributed by atoms with Crippen LogP contribution in [0.15, 0.2) is 61.2 Å². The maximum Gasteiger partial charge on any atom is 0.254 e. The second-order valence-electron chi connectivity index (χ2n) is 6.60. The van der Waals surface area contributed by atoms with Crippen LogP contribution in [0.3, 0.4) is 0 Å². The molecule has 1 amide bonds. The highest BCUT2D eigenvalue weighted by atomic mass is 32.1. The second kappa shape index (κ2) is 7.05. The first-order valence-electron chi connectivity index (χ1n) is 9.13. The Labute approximate surface area is 165 Å². The largest absolute Gasteiger partial charge is 0.337 e. The minimum absolute atomic E-state index is 0.0615. The fourth-order valence-corrected chi connectivity index (χ4v) is 4.34. The predicted octanol–water partition coefficient (Wildman–Crippen LogP) is 2.84. The van der Waals surface area contributed by atoms with Crippen molar-refractivity contribution in [2.24, 2.45) is 0 Å². The van der Waals surface area contributed by atoms with Crippen molar-refractivity contribution in [1.29, 1.82) is 0 Å². The van der Waals surface area contributed by atoms with Crippen molar-refractivity contribution in [1.82, 2.24) is 24.4 Å². The molecule has 0 radical (unpaired) electrons. The van der Waals surface area contributed by atoms with Crippen molar-refractivity contribution in [2.45, 2.75) is 0 Å². The maximum absolute atomic E-state index is 13.0. The molecule has 0 atom stereocenters. The highest BCUT2D eigenvalue weighted by Crippen LogP contribution is 2.26. The van der Waals surface area contributed by atoms with E-state index in [1.807, 2.05) is 52.2 Å². The first-order chi connectivity index (χ1) is 13.8. The standard InChI is InChI=1S/C20H18N6OS/c27-18(24-10-12-25(13-11-24)19-21-6-3-7-22-19)15-4-5-16-17(14-15)28-20(23-16)26-8-1-2-9-26/h1-9,14H,10-13H2. The summed E-state index contributed by atoms with van der Waals surface area (Å²) in [7, 11) is 0. The Bertz CT molecular complexity index is 1100. The van der Waals surface area contributed by atoms with E-state index in [0.717, 1.165) is 34.4 Å². The van der Waals surface area contributed by atoms with Crippen LogP contribution in [0.2, 0.25) is 0 Å². The van der Waals surface area contributed by atoms with Gasteiger partial charge in [0.15, 0.2) is 5.13 Å². The number of amides is 1. The van der Waals surface area contributed by atoms with Gasteiger partial charge in [0.25, 0.3) is 5.91 Å². The molecule has 1 saturated heterocycles. The molecule has 140 valence electrons. The van der Waals surface area contributed by atoms with E-state index in [-0.39, 0.29) is 5.91 Å². The third-order valence-corrected chi connectivity index (χ3v) is 5.88. The molecule has 0 saturated carbocycles. The molecule has 4 heterocycles. The number of nitrogens with zero attached hydrogens (tertiary/aromatic N) is 6. The molecule has 1 aliphatic heterocycles. The molecule has 0 aliphatic carbocycles. The van der Waals surface area contributed by atoms with Crippen molar-refractivity contribution in [3.8, 4) is 5.13 Å². The maximum atomic E-state index is 13.0. The van der Waals surface area contributed by atoms with E-state index in [1.54, 1.807) is 29.8 Å². The minimum Gasteiger partial charge on any atom is -0.337 e. The molecule has 7 nitrogen and oxygen atoms in total. The molecule has 5 rings (SSSR count). The Balaban J connectivity index is 1.32. The van der Waals surface area contributed by atoms with Crippen molar-refractivity contribution in [3.63, 3.8) is 0 Å². The Morgan fingerprint density at radius 1 is 0.964 bits per heavy atom. The van der Waals surface area contributed by atoms with Crippen LogP contribution < -0.4 is 4.90 Å². The van der Waals surface area contributed by atoms with E-state index in [0.29, 0.717) is 18.7 Å². The summed E-state index contributed by atoms with van der Waals surface area (Å²) in [4.78, 5) is 30.2. The fourth-order valence-electron chi connectivity index (χ4n) is 3.36. The van der Waals surface area contributed by atoms with Crippen LogP contribution in [0, 0.1) is 0 Å². The number of aromatic nitrogens is 4. The Morgan fingerprint density at radius 3 is 2.46 bits per heavy atom. The molecule has 8 heteroatoms. The number of carbonyl (C=O) groups excluding carboxylic acids is 1. The van der Waals surface area contributed by atoms with E-state index < -0.39 is 0 Å². The SMILES string of the molecule is O=C(c1ccc2nc(-n3cccc3)sc2c1)N1CCN(c2ncccn2)CC1. The van der Waals surface area contributed by atoms with Gasteiger partial charge in [-0.2, -0.15) is 0 Å². The number of piperazine rings is 1. The molecular formula is C20H18N6OS. The van der Waals surface area contributed by atoms with Gasteiger partial charge < -0.3 is 14.4 Å². The second-order valence-corrected chi connectivity index (χ2v) is 7.61. The van der Waals surface area contributed by atoms with E-state index in [2.05, 4.69) is 19.9 Å². The Hall–Kier alpha value is -3.26. The molecule has 3 aromatic heterocycles. The van der Waals surface area contributed by atoms with Crippen molar-refractivity contribution in [3.05, 3.63) is 66.7 Å².